The molecule has 1 atom stereocenters. The Kier molecular flexibility index (Phi) is 3.72. The minimum absolute atomic E-state index is 0.246. The monoisotopic (exact) mass is 285 g/mol. The van der Waals surface area contributed by atoms with E-state index in [-0.39, 0.29) is 6.04 Å². The van der Waals surface area contributed by atoms with Crippen LogP contribution >= 0.6 is 11.6 Å². The molecule has 0 unspecified atom stereocenters. The van der Waals surface area contributed by atoms with Crippen molar-refractivity contribution in [3.8, 4) is 0 Å². The maximum absolute atomic E-state index is 6.03. The molecule has 0 aliphatic heterocycles. The van der Waals surface area contributed by atoms with Crippen LogP contribution in [0.1, 0.15) is 24.1 Å². The van der Waals surface area contributed by atoms with Crippen molar-refractivity contribution in [3.63, 3.8) is 0 Å². The van der Waals surface area contributed by atoms with E-state index in [0.717, 1.165) is 17.2 Å². The van der Waals surface area contributed by atoms with Gasteiger partial charge >= 0.3 is 0 Å². The fourth-order valence-corrected chi connectivity index (χ4v) is 2.51. The molecule has 0 radical (unpaired) electrons. The third kappa shape index (κ3) is 2.69. The molecule has 2 heterocycles. The lowest BCUT2D eigenvalue weighted by Gasteiger charge is -2.14. The molecule has 0 aliphatic rings. The molecule has 0 amide bonds. The molecule has 1 aromatic carbocycles. The van der Waals surface area contributed by atoms with Crippen molar-refractivity contribution in [2.45, 2.75) is 19.5 Å². The van der Waals surface area contributed by atoms with Gasteiger partial charge in [-0.2, -0.15) is 0 Å². The average molecular weight is 286 g/mol. The number of hydrogen-bond acceptors (Lipinski definition) is 2. The standard InChI is InChI=1S/C16H16ClN3/c1-11(12-4-2-5-14(17)8-12)19-9-13-10-20-16-15(13)6-3-7-18-16/h2-8,10-11,19H,9H2,1H3,(H,18,20)/t11-/m1/s1. The van der Waals surface area contributed by atoms with Crippen LogP contribution in [0.2, 0.25) is 5.02 Å². The van der Waals surface area contributed by atoms with Crippen molar-refractivity contribution in [1.29, 1.82) is 0 Å². The largest absolute Gasteiger partial charge is 0.346 e. The van der Waals surface area contributed by atoms with Gasteiger partial charge in [-0.25, -0.2) is 4.98 Å². The highest BCUT2D eigenvalue weighted by molar-refractivity contribution is 6.30. The molecule has 3 aromatic rings. The molecule has 3 nitrogen and oxygen atoms in total. The Morgan fingerprint density at radius 2 is 2.20 bits per heavy atom. The smallest absolute Gasteiger partial charge is 0.137 e. The van der Waals surface area contributed by atoms with Crippen molar-refractivity contribution >= 4 is 22.6 Å². The fraction of sp³-hybridized carbons (Fsp3) is 0.188. The van der Waals surface area contributed by atoms with Crippen molar-refractivity contribution in [2.24, 2.45) is 0 Å². The molecule has 0 saturated heterocycles. The molecule has 0 bridgehead atoms. The summed E-state index contributed by atoms with van der Waals surface area (Å²) in [6.45, 7) is 2.93. The van der Waals surface area contributed by atoms with Crippen LogP contribution in [0.25, 0.3) is 11.0 Å². The first-order valence-electron chi connectivity index (χ1n) is 6.64. The maximum Gasteiger partial charge on any atom is 0.137 e. The van der Waals surface area contributed by atoms with E-state index < -0.39 is 0 Å². The molecule has 4 heteroatoms. The molecule has 3 rings (SSSR count). The van der Waals surface area contributed by atoms with Crippen LogP contribution in [0.4, 0.5) is 0 Å². The van der Waals surface area contributed by atoms with E-state index in [1.807, 2.05) is 30.5 Å². The third-order valence-corrected chi connectivity index (χ3v) is 3.72. The number of benzene rings is 1. The Morgan fingerprint density at radius 1 is 1.30 bits per heavy atom. The van der Waals surface area contributed by atoms with Gasteiger partial charge in [0.25, 0.3) is 0 Å². The highest BCUT2D eigenvalue weighted by atomic mass is 35.5. The lowest BCUT2D eigenvalue weighted by Crippen LogP contribution is -2.17. The van der Waals surface area contributed by atoms with Crippen molar-refractivity contribution in [3.05, 3.63) is 64.9 Å². The molecule has 0 spiro atoms. The number of aromatic amines is 1. The molecule has 0 saturated carbocycles. The van der Waals surface area contributed by atoms with Crippen molar-refractivity contribution in [1.82, 2.24) is 15.3 Å². The molecule has 0 aliphatic carbocycles. The number of halogens is 1. The zero-order valence-electron chi connectivity index (χ0n) is 11.2. The SMILES string of the molecule is C[C@@H](NCc1c[nH]c2ncccc12)c1cccc(Cl)c1. The van der Waals surface area contributed by atoms with Crippen LogP contribution in [0.15, 0.2) is 48.8 Å². The number of fused-ring (bicyclic) bond motifs is 1. The molecular formula is C16H16ClN3. The number of H-pyrrole nitrogens is 1. The number of rotatable bonds is 4. The highest BCUT2D eigenvalue weighted by Gasteiger charge is 2.08. The number of pyridine rings is 1. The van der Waals surface area contributed by atoms with E-state index in [1.165, 1.54) is 16.5 Å². The first-order valence-corrected chi connectivity index (χ1v) is 7.01. The quantitative estimate of drug-likeness (QED) is 0.759. The van der Waals surface area contributed by atoms with Gasteiger partial charge in [0.2, 0.25) is 0 Å². The second kappa shape index (κ2) is 5.65. The molecule has 0 fully saturated rings. The predicted octanol–water partition coefficient (Wildman–Crippen LogP) is 4.07. The van der Waals surface area contributed by atoms with Gasteiger partial charge in [-0.05, 0) is 42.3 Å². The summed E-state index contributed by atoms with van der Waals surface area (Å²) >= 11 is 6.03. The summed E-state index contributed by atoms with van der Waals surface area (Å²) in [6.07, 6.45) is 3.81. The topological polar surface area (TPSA) is 40.7 Å². The van der Waals surface area contributed by atoms with Crippen LogP contribution in [-0.2, 0) is 6.54 Å². The Bertz CT molecular complexity index is 720. The van der Waals surface area contributed by atoms with Gasteiger partial charge < -0.3 is 10.3 Å². The lowest BCUT2D eigenvalue weighted by atomic mass is 10.1. The normalized spacial score (nSPS) is 12.7. The van der Waals surface area contributed by atoms with Crippen LogP contribution in [0.3, 0.4) is 0 Å². The van der Waals surface area contributed by atoms with E-state index in [1.54, 1.807) is 6.20 Å². The van der Waals surface area contributed by atoms with E-state index in [0.29, 0.717) is 0 Å². The van der Waals surface area contributed by atoms with E-state index in [2.05, 4.69) is 34.3 Å². The van der Waals surface area contributed by atoms with E-state index in [9.17, 15) is 0 Å². The highest BCUT2D eigenvalue weighted by Crippen LogP contribution is 2.19. The number of aromatic nitrogens is 2. The Hall–Kier alpha value is -1.84. The second-order valence-corrected chi connectivity index (χ2v) is 5.31. The van der Waals surface area contributed by atoms with Crippen LogP contribution in [-0.4, -0.2) is 9.97 Å². The number of nitrogens with one attached hydrogen (secondary N) is 2. The third-order valence-electron chi connectivity index (χ3n) is 3.48. The second-order valence-electron chi connectivity index (χ2n) is 4.87. The summed E-state index contributed by atoms with van der Waals surface area (Å²) in [6, 6.07) is 12.2. The summed E-state index contributed by atoms with van der Waals surface area (Å²) < 4.78 is 0. The molecule has 2 aromatic heterocycles. The number of nitrogens with zero attached hydrogens (tertiary/aromatic N) is 1. The summed E-state index contributed by atoms with van der Waals surface area (Å²) in [5.74, 6) is 0. The summed E-state index contributed by atoms with van der Waals surface area (Å²) in [5, 5.41) is 5.45. The average Bonchev–Trinajstić information content (AvgIpc) is 2.88. The van der Waals surface area contributed by atoms with E-state index in [4.69, 9.17) is 11.6 Å². The zero-order chi connectivity index (χ0) is 13.9. The van der Waals surface area contributed by atoms with Crippen LogP contribution < -0.4 is 5.32 Å². The van der Waals surface area contributed by atoms with Gasteiger partial charge in [-0.15, -0.1) is 0 Å². The Morgan fingerprint density at radius 3 is 3.05 bits per heavy atom. The summed E-state index contributed by atoms with van der Waals surface area (Å²) in [4.78, 5) is 7.49. The first kappa shape index (κ1) is 13.2. The van der Waals surface area contributed by atoms with Crippen molar-refractivity contribution < 1.29 is 0 Å². The van der Waals surface area contributed by atoms with Gasteiger partial charge in [-0.3, -0.25) is 0 Å². The van der Waals surface area contributed by atoms with Gasteiger partial charge in [0.15, 0.2) is 0 Å². The molecule has 102 valence electrons. The predicted molar refractivity (Wildman–Crippen MR) is 82.8 cm³/mol. The van der Waals surface area contributed by atoms with Crippen LogP contribution in [0.5, 0.6) is 0 Å². The van der Waals surface area contributed by atoms with Crippen LogP contribution in [0, 0.1) is 0 Å². The van der Waals surface area contributed by atoms with Gasteiger partial charge in [0, 0.05) is 35.4 Å². The van der Waals surface area contributed by atoms with Gasteiger partial charge in [-0.1, -0.05) is 23.7 Å². The summed E-state index contributed by atoms with van der Waals surface area (Å²) in [5.41, 5.74) is 3.34. The summed E-state index contributed by atoms with van der Waals surface area (Å²) in [7, 11) is 0. The molecule has 20 heavy (non-hydrogen) atoms. The first-order chi connectivity index (χ1) is 9.74. The molecular weight excluding hydrogens is 270 g/mol. The minimum atomic E-state index is 0.246. The van der Waals surface area contributed by atoms with Gasteiger partial charge in [0.1, 0.15) is 5.65 Å². The zero-order valence-corrected chi connectivity index (χ0v) is 12.0. The van der Waals surface area contributed by atoms with Crippen molar-refractivity contribution in [2.75, 3.05) is 0 Å². The van der Waals surface area contributed by atoms with E-state index >= 15 is 0 Å². The lowest BCUT2D eigenvalue weighted by molar-refractivity contribution is 0.576. The minimum Gasteiger partial charge on any atom is -0.346 e. The fourth-order valence-electron chi connectivity index (χ4n) is 2.32. The number of hydrogen-bond donors (Lipinski definition) is 2. The Balaban J connectivity index is 1.73. The maximum atomic E-state index is 6.03. The van der Waals surface area contributed by atoms with Gasteiger partial charge in [0.05, 0.1) is 0 Å². The Labute approximate surface area is 123 Å². The molecule has 2 N–H and O–H groups in total.